The first-order chi connectivity index (χ1) is 13.7. The number of hydrogen-bond donors (Lipinski definition) is 1. The fourth-order valence-corrected chi connectivity index (χ4v) is 3.19. The van der Waals surface area contributed by atoms with E-state index < -0.39 is 0 Å². The van der Waals surface area contributed by atoms with E-state index in [4.69, 9.17) is 4.42 Å². The zero-order valence-corrected chi connectivity index (χ0v) is 15.0. The molecule has 3 aromatic heterocycles. The molecule has 0 aliphatic heterocycles. The van der Waals surface area contributed by atoms with Crippen molar-refractivity contribution in [3.63, 3.8) is 0 Å². The smallest absolute Gasteiger partial charge is 0.282 e. The number of aromatic nitrogens is 3. The van der Waals surface area contributed by atoms with E-state index >= 15 is 0 Å². The van der Waals surface area contributed by atoms with Crippen LogP contribution in [0.5, 0.6) is 0 Å². The largest absolute Gasteiger partial charge is 0.460 e. The minimum Gasteiger partial charge on any atom is -0.460 e. The van der Waals surface area contributed by atoms with E-state index in [2.05, 4.69) is 20.6 Å². The molecule has 7 nitrogen and oxygen atoms in total. The molecule has 0 spiro atoms. The maximum absolute atomic E-state index is 13.0. The third kappa shape index (κ3) is 2.61. The van der Waals surface area contributed by atoms with Gasteiger partial charge < -0.3 is 4.42 Å². The lowest BCUT2D eigenvalue weighted by Crippen LogP contribution is -2.19. The van der Waals surface area contributed by atoms with E-state index in [9.17, 15) is 4.79 Å². The predicted molar refractivity (Wildman–Crippen MR) is 109 cm³/mol. The van der Waals surface area contributed by atoms with Gasteiger partial charge in [-0.1, -0.05) is 36.4 Å². The highest BCUT2D eigenvalue weighted by molar-refractivity contribution is 6.01. The lowest BCUT2D eigenvalue weighted by Gasteiger charge is -2.09. The zero-order chi connectivity index (χ0) is 19.1. The number of fused-ring (bicyclic) bond motifs is 4. The molecular formula is C21H15N5O2. The zero-order valence-electron chi connectivity index (χ0n) is 15.0. The molecule has 7 heteroatoms. The summed E-state index contributed by atoms with van der Waals surface area (Å²) in [5.41, 5.74) is 3.86. The quantitative estimate of drug-likeness (QED) is 0.227. The number of nitrogens with one attached hydrogen (secondary N) is 1. The Morgan fingerprint density at radius 2 is 1.75 bits per heavy atom. The van der Waals surface area contributed by atoms with Crippen LogP contribution in [-0.2, 0) is 0 Å². The molecule has 0 radical (unpaired) electrons. The second-order valence-corrected chi connectivity index (χ2v) is 6.38. The maximum atomic E-state index is 13.0. The van der Waals surface area contributed by atoms with Gasteiger partial charge in [-0.15, -0.1) is 5.10 Å². The van der Waals surface area contributed by atoms with Crippen LogP contribution in [0, 0.1) is 6.92 Å². The van der Waals surface area contributed by atoms with Gasteiger partial charge >= 0.3 is 0 Å². The monoisotopic (exact) mass is 369 g/mol. The first-order valence-corrected chi connectivity index (χ1v) is 8.77. The molecule has 28 heavy (non-hydrogen) atoms. The summed E-state index contributed by atoms with van der Waals surface area (Å²) in [6.07, 6.45) is 1.56. The molecule has 0 bridgehead atoms. The van der Waals surface area contributed by atoms with Crippen LogP contribution in [0.2, 0.25) is 0 Å². The fourth-order valence-electron chi connectivity index (χ4n) is 3.19. The lowest BCUT2D eigenvalue weighted by atomic mass is 10.1. The Hall–Kier alpha value is -4.00. The van der Waals surface area contributed by atoms with E-state index in [1.54, 1.807) is 12.3 Å². The molecule has 0 aliphatic rings. The molecule has 2 aromatic carbocycles. The van der Waals surface area contributed by atoms with Crippen molar-refractivity contribution in [3.05, 3.63) is 82.5 Å². The Kier molecular flexibility index (Phi) is 3.65. The maximum Gasteiger partial charge on any atom is 0.282 e. The minimum atomic E-state index is -0.222. The molecular weight excluding hydrogens is 354 g/mol. The standard InChI is InChI=1S/C21H15N5O2/c1-13-10-11-14(28-13)12-22-24-19-15-6-2-3-7-16(15)20-23-18-9-5-4-8-17(18)21(27)26(20)25-19/h2-12H,1H3,(H,24,25)/b22-12+. The van der Waals surface area contributed by atoms with Gasteiger partial charge in [0.1, 0.15) is 11.5 Å². The van der Waals surface area contributed by atoms with Crippen molar-refractivity contribution in [3.8, 4) is 0 Å². The average molecular weight is 369 g/mol. The normalized spacial score (nSPS) is 11.8. The van der Waals surface area contributed by atoms with Crippen molar-refractivity contribution in [2.75, 3.05) is 5.43 Å². The van der Waals surface area contributed by atoms with Crippen molar-refractivity contribution >= 4 is 39.4 Å². The highest BCUT2D eigenvalue weighted by Crippen LogP contribution is 2.24. The van der Waals surface area contributed by atoms with E-state index in [0.717, 1.165) is 16.5 Å². The van der Waals surface area contributed by atoms with E-state index in [-0.39, 0.29) is 5.56 Å². The summed E-state index contributed by atoms with van der Waals surface area (Å²) in [6, 6.07) is 18.6. The fraction of sp³-hybridized carbons (Fsp3) is 0.0476. The second-order valence-electron chi connectivity index (χ2n) is 6.38. The topological polar surface area (TPSA) is 84.8 Å². The van der Waals surface area contributed by atoms with Crippen molar-refractivity contribution < 1.29 is 4.42 Å². The molecule has 0 amide bonds. The first kappa shape index (κ1) is 16.2. The van der Waals surface area contributed by atoms with Crippen LogP contribution in [0.3, 0.4) is 0 Å². The van der Waals surface area contributed by atoms with Crippen LogP contribution in [0.25, 0.3) is 27.3 Å². The third-order valence-corrected chi connectivity index (χ3v) is 4.50. The highest BCUT2D eigenvalue weighted by Gasteiger charge is 2.12. The number of hydrogen-bond acceptors (Lipinski definition) is 6. The number of furan rings is 1. The van der Waals surface area contributed by atoms with Crippen LogP contribution in [0.15, 0.2) is 75.0 Å². The van der Waals surface area contributed by atoms with Gasteiger partial charge in [-0.2, -0.15) is 9.62 Å². The Morgan fingerprint density at radius 1 is 1.00 bits per heavy atom. The third-order valence-electron chi connectivity index (χ3n) is 4.50. The molecule has 5 aromatic rings. The molecule has 5 rings (SSSR count). The summed E-state index contributed by atoms with van der Waals surface area (Å²) >= 11 is 0. The van der Waals surface area contributed by atoms with Crippen LogP contribution in [0.4, 0.5) is 5.82 Å². The van der Waals surface area contributed by atoms with Gasteiger partial charge in [0.25, 0.3) is 5.56 Å². The lowest BCUT2D eigenvalue weighted by molar-refractivity contribution is 0.528. The molecule has 0 atom stereocenters. The van der Waals surface area contributed by atoms with Gasteiger partial charge in [-0.25, -0.2) is 4.98 Å². The molecule has 0 saturated carbocycles. The Balaban J connectivity index is 1.72. The summed E-state index contributed by atoms with van der Waals surface area (Å²) in [4.78, 5) is 17.6. The van der Waals surface area contributed by atoms with Crippen LogP contribution < -0.4 is 11.0 Å². The van der Waals surface area contributed by atoms with Crippen molar-refractivity contribution in [2.45, 2.75) is 6.92 Å². The summed E-state index contributed by atoms with van der Waals surface area (Å²) in [5.74, 6) is 1.89. The number of nitrogens with zero attached hydrogens (tertiary/aromatic N) is 4. The minimum absolute atomic E-state index is 0.222. The number of hydrazone groups is 1. The molecule has 0 fully saturated rings. The number of aryl methyl sites for hydroxylation is 1. The number of rotatable bonds is 3. The van der Waals surface area contributed by atoms with Gasteiger partial charge in [-0.05, 0) is 31.2 Å². The summed E-state index contributed by atoms with van der Waals surface area (Å²) in [6.45, 7) is 1.87. The van der Waals surface area contributed by atoms with Crippen LogP contribution in [-0.4, -0.2) is 20.8 Å². The summed E-state index contributed by atoms with van der Waals surface area (Å²) < 4.78 is 6.79. The Labute approximate surface area is 158 Å². The van der Waals surface area contributed by atoms with Crippen molar-refractivity contribution in [2.24, 2.45) is 5.10 Å². The molecule has 3 heterocycles. The molecule has 1 N–H and O–H groups in total. The summed E-state index contributed by atoms with van der Waals surface area (Å²) in [5, 5.41) is 10.8. The van der Waals surface area contributed by atoms with Crippen molar-refractivity contribution in [1.29, 1.82) is 0 Å². The molecule has 0 unspecified atom stereocenters. The van der Waals surface area contributed by atoms with E-state index in [1.807, 2.05) is 61.5 Å². The average Bonchev–Trinajstić information content (AvgIpc) is 3.14. The number of anilines is 1. The number of benzene rings is 2. The highest BCUT2D eigenvalue weighted by atomic mass is 16.3. The first-order valence-electron chi connectivity index (χ1n) is 8.77. The Bertz CT molecular complexity index is 1430. The molecule has 136 valence electrons. The Morgan fingerprint density at radius 3 is 2.54 bits per heavy atom. The molecule has 0 saturated heterocycles. The SMILES string of the molecule is Cc1ccc(/C=N/Nc2nn3c(=O)c4ccccc4nc3c3ccccc23)o1. The van der Waals surface area contributed by atoms with Gasteiger partial charge in [0.15, 0.2) is 11.5 Å². The van der Waals surface area contributed by atoms with Gasteiger partial charge in [0, 0.05) is 10.8 Å². The van der Waals surface area contributed by atoms with Gasteiger partial charge in [-0.3, -0.25) is 10.2 Å². The van der Waals surface area contributed by atoms with Crippen LogP contribution in [0.1, 0.15) is 11.5 Å². The van der Waals surface area contributed by atoms with Crippen molar-refractivity contribution in [1.82, 2.24) is 14.6 Å². The molecule has 0 aliphatic carbocycles. The van der Waals surface area contributed by atoms with Gasteiger partial charge in [0.2, 0.25) is 0 Å². The van der Waals surface area contributed by atoms with E-state index in [1.165, 1.54) is 4.52 Å². The predicted octanol–water partition coefficient (Wildman–Crippen LogP) is 3.74. The van der Waals surface area contributed by atoms with Gasteiger partial charge in [0.05, 0.1) is 17.1 Å². The van der Waals surface area contributed by atoms with E-state index in [0.29, 0.717) is 28.1 Å². The van der Waals surface area contributed by atoms with Crippen LogP contribution >= 0.6 is 0 Å². The second kappa shape index (κ2) is 6.31. The number of para-hydroxylation sites is 1. The summed E-state index contributed by atoms with van der Waals surface area (Å²) in [7, 11) is 0.